The van der Waals surface area contributed by atoms with Crippen molar-refractivity contribution < 1.29 is 4.79 Å². The summed E-state index contributed by atoms with van der Waals surface area (Å²) in [5.74, 6) is 0.886. The predicted octanol–water partition coefficient (Wildman–Crippen LogP) is 1.03. The van der Waals surface area contributed by atoms with E-state index in [1.165, 1.54) is 0 Å². The number of anilines is 1. The molecular weight excluding hydrogens is 266 g/mol. The summed E-state index contributed by atoms with van der Waals surface area (Å²) in [6.45, 7) is 11.9. The summed E-state index contributed by atoms with van der Waals surface area (Å²) < 4.78 is 0. The summed E-state index contributed by atoms with van der Waals surface area (Å²) in [7, 11) is 0. The number of rotatable bonds is 3. The summed E-state index contributed by atoms with van der Waals surface area (Å²) in [6.07, 6.45) is 3.75. The van der Waals surface area contributed by atoms with Crippen molar-refractivity contribution in [3.63, 3.8) is 0 Å². The molecule has 6 nitrogen and oxygen atoms in total. The van der Waals surface area contributed by atoms with Crippen LogP contribution >= 0.6 is 0 Å². The Balaban J connectivity index is 1.89. The topological polar surface area (TPSA) is 61.4 Å². The smallest absolute Gasteiger partial charge is 0.225 e. The molecule has 0 atom stereocenters. The van der Waals surface area contributed by atoms with Crippen LogP contribution in [0, 0.1) is 0 Å². The fourth-order valence-corrected chi connectivity index (χ4v) is 2.19. The molecule has 0 aromatic carbocycles. The lowest BCUT2D eigenvalue weighted by molar-refractivity contribution is -0.129. The van der Waals surface area contributed by atoms with Crippen molar-refractivity contribution in [2.75, 3.05) is 31.1 Å². The largest absolute Gasteiger partial charge is 0.339 e. The molecule has 0 radical (unpaired) electrons. The number of carbonyl (C=O) groups excluding carboxylic acids is 1. The van der Waals surface area contributed by atoms with Gasteiger partial charge in [-0.15, -0.1) is 0 Å². The molecular formula is C15H25N5O. The highest BCUT2D eigenvalue weighted by Gasteiger charge is 2.20. The zero-order chi connectivity index (χ0) is 15.5. The molecule has 1 fully saturated rings. The first kappa shape index (κ1) is 15.7. The maximum absolute atomic E-state index is 11.3. The lowest BCUT2D eigenvalue weighted by Crippen LogP contribution is -2.48. The van der Waals surface area contributed by atoms with Crippen molar-refractivity contribution in [2.24, 2.45) is 0 Å². The van der Waals surface area contributed by atoms with Gasteiger partial charge in [0.15, 0.2) is 0 Å². The molecule has 0 bridgehead atoms. The molecule has 0 unspecified atom stereocenters. The van der Waals surface area contributed by atoms with Gasteiger partial charge in [0.25, 0.3) is 0 Å². The third kappa shape index (κ3) is 4.67. The standard InChI is InChI=1S/C15H25N5O/c1-12(21)19-5-7-20(8-6-19)14-16-9-13(10-17-14)11-18-15(2,3)4/h9-10,18H,5-8,11H2,1-4H3. The second-order valence-corrected chi connectivity index (χ2v) is 6.49. The minimum absolute atomic E-state index is 0.0850. The van der Waals surface area contributed by atoms with Crippen molar-refractivity contribution in [1.82, 2.24) is 20.2 Å². The van der Waals surface area contributed by atoms with Crippen molar-refractivity contribution >= 4 is 11.9 Å². The fourth-order valence-electron chi connectivity index (χ4n) is 2.19. The van der Waals surface area contributed by atoms with Crippen LogP contribution in [0.15, 0.2) is 12.4 Å². The third-order valence-corrected chi connectivity index (χ3v) is 3.52. The molecule has 0 spiro atoms. The maximum atomic E-state index is 11.3. The first-order valence-electron chi connectivity index (χ1n) is 7.41. The molecule has 0 aliphatic carbocycles. The molecule has 1 amide bonds. The molecule has 116 valence electrons. The average Bonchev–Trinajstić information content (AvgIpc) is 2.45. The maximum Gasteiger partial charge on any atom is 0.225 e. The summed E-state index contributed by atoms with van der Waals surface area (Å²) in [6, 6.07) is 0. The number of hydrogen-bond donors (Lipinski definition) is 1. The van der Waals surface area contributed by atoms with Crippen molar-refractivity contribution in [2.45, 2.75) is 39.8 Å². The quantitative estimate of drug-likeness (QED) is 0.901. The van der Waals surface area contributed by atoms with E-state index in [2.05, 4.69) is 41.0 Å². The molecule has 2 heterocycles. The van der Waals surface area contributed by atoms with Crippen LogP contribution < -0.4 is 10.2 Å². The summed E-state index contributed by atoms with van der Waals surface area (Å²) in [5, 5.41) is 3.42. The van der Waals surface area contributed by atoms with Crippen molar-refractivity contribution in [1.29, 1.82) is 0 Å². The lowest BCUT2D eigenvalue weighted by atomic mass is 10.1. The molecule has 1 saturated heterocycles. The molecule has 1 aromatic rings. The Kier molecular flexibility index (Phi) is 4.77. The number of nitrogens with zero attached hydrogens (tertiary/aromatic N) is 4. The van der Waals surface area contributed by atoms with Gasteiger partial charge >= 0.3 is 0 Å². The van der Waals surface area contributed by atoms with Crippen LogP contribution in [0.3, 0.4) is 0 Å². The van der Waals surface area contributed by atoms with Crippen LogP contribution in [0.1, 0.15) is 33.3 Å². The molecule has 0 saturated carbocycles. The Labute approximate surface area is 126 Å². The van der Waals surface area contributed by atoms with E-state index in [4.69, 9.17) is 0 Å². The zero-order valence-electron chi connectivity index (χ0n) is 13.4. The van der Waals surface area contributed by atoms with Gasteiger partial charge in [-0.25, -0.2) is 9.97 Å². The highest BCUT2D eigenvalue weighted by atomic mass is 16.2. The summed E-state index contributed by atoms with van der Waals surface area (Å²) >= 11 is 0. The Hall–Kier alpha value is -1.69. The van der Waals surface area contributed by atoms with E-state index in [9.17, 15) is 4.79 Å². The monoisotopic (exact) mass is 291 g/mol. The Bertz CT molecular complexity index is 472. The Morgan fingerprint density at radius 3 is 2.24 bits per heavy atom. The number of hydrogen-bond acceptors (Lipinski definition) is 5. The normalized spacial score (nSPS) is 16.2. The second kappa shape index (κ2) is 6.39. The van der Waals surface area contributed by atoms with E-state index in [1.807, 2.05) is 17.3 Å². The molecule has 1 aliphatic heterocycles. The molecule has 1 N–H and O–H groups in total. The van der Waals surface area contributed by atoms with E-state index in [0.29, 0.717) is 0 Å². The van der Waals surface area contributed by atoms with E-state index in [0.717, 1.165) is 44.2 Å². The highest BCUT2D eigenvalue weighted by Crippen LogP contribution is 2.11. The van der Waals surface area contributed by atoms with Gasteiger partial charge in [0.2, 0.25) is 11.9 Å². The van der Waals surface area contributed by atoms with Crippen LogP contribution in [0.5, 0.6) is 0 Å². The summed E-state index contributed by atoms with van der Waals surface area (Å²) in [4.78, 5) is 24.2. The van der Waals surface area contributed by atoms with Gasteiger partial charge in [-0.3, -0.25) is 4.79 Å². The van der Waals surface area contributed by atoms with Gasteiger partial charge < -0.3 is 15.1 Å². The van der Waals surface area contributed by atoms with Crippen LogP contribution in [-0.4, -0.2) is 52.5 Å². The number of amides is 1. The van der Waals surface area contributed by atoms with Crippen molar-refractivity contribution in [3.8, 4) is 0 Å². The van der Waals surface area contributed by atoms with E-state index in [1.54, 1.807) is 6.92 Å². The third-order valence-electron chi connectivity index (χ3n) is 3.52. The van der Waals surface area contributed by atoms with E-state index < -0.39 is 0 Å². The first-order valence-corrected chi connectivity index (χ1v) is 7.41. The van der Waals surface area contributed by atoms with Gasteiger partial charge in [0.1, 0.15) is 0 Å². The molecule has 6 heteroatoms. The number of aromatic nitrogens is 2. The molecule has 1 aliphatic rings. The minimum atomic E-state index is 0.0850. The number of carbonyl (C=O) groups is 1. The van der Waals surface area contributed by atoms with Gasteiger partial charge in [-0.1, -0.05) is 0 Å². The van der Waals surface area contributed by atoms with Crippen LogP contribution in [0.2, 0.25) is 0 Å². The highest BCUT2D eigenvalue weighted by molar-refractivity contribution is 5.73. The SMILES string of the molecule is CC(=O)N1CCN(c2ncc(CNC(C)(C)C)cn2)CC1. The Morgan fingerprint density at radius 1 is 1.19 bits per heavy atom. The second-order valence-electron chi connectivity index (χ2n) is 6.49. The lowest BCUT2D eigenvalue weighted by Gasteiger charge is -2.34. The van der Waals surface area contributed by atoms with Gasteiger partial charge in [0.05, 0.1) is 0 Å². The zero-order valence-corrected chi connectivity index (χ0v) is 13.4. The van der Waals surface area contributed by atoms with Gasteiger partial charge in [-0.2, -0.15) is 0 Å². The number of piperazine rings is 1. The Morgan fingerprint density at radius 2 is 1.76 bits per heavy atom. The molecule has 2 rings (SSSR count). The van der Waals surface area contributed by atoms with E-state index >= 15 is 0 Å². The van der Waals surface area contributed by atoms with Crippen molar-refractivity contribution in [3.05, 3.63) is 18.0 Å². The van der Waals surface area contributed by atoms with Gasteiger partial charge in [0, 0.05) is 63.1 Å². The predicted molar refractivity (Wildman–Crippen MR) is 83.1 cm³/mol. The molecule has 1 aromatic heterocycles. The first-order chi connectivity index (χ1) is 9.85. The number of nitrogens with one attached hydrogen (secondary N) is 1. The van der Waals surface area contributed by atoms with E-state index in [-0.39, 0.29) is 11.4 Å². The van der Waals surface area contributed by atoms with Crippen LogP contribution in [0.4, 0.5) is 5.95 Å². The molecule has 21 heavy (non-hydrogen) atoms. The van der Waals surface area contributed by atoms with Gasteiger partial charge in [-0.05, 0) is 20.8 Å². The summed E-state index contributed by atoms with van der Waals surface area (Å²) in [5.41, 5.74) is 1.16. The average molecular weight is 291 g/mol. The van der Waals surface area contributed by atoms with Crippen LogP contribution in [-0.2, 0) is 11.3 Å². The fraction of sp³-hybridized carbons (Fsp3) is 0.667. The van der Waals surface area contributed by atoms with Crippen LogP contribution in [0.25, 0.3) is 0 Å². The minimum Gasteiger partial charge on any atom is -0.339 e.